The SMILES string of the molecule is COc1ccc(C(=O)N2Cc3ccccc3CC2COc2ccc(OC(C)(C)C)cc2)cc1. The van der Waals surface area contributed by atoms with E-state index in [1.807, 2.05) is 86.3 Å². The molecule has 1 atom stereocenters. The zero-order valence-corrected chi connectivity index (χ0v) is 19.7. The van der Waals surface area contributed by atoms with Gasteiger partial charge in [0.05, 0.1) is 13.2 Å². The van der Waals surface area contributed by atoms with Gasteiger partial charge in [-0.15, -0.1) is 0 Å². The molecule has 0 saturated carbocycles. The van der Waals surface area contributed by atoms with E-state index < -0.39 is 0 Å². The lowest BCUT2D eigenvalue weighted by Crippen LogP contribution is -2.47. The topological polar surface area (TPSA) is 48.0 Å². The van der Waals surface area contributed by atoms with Gasteiger partial charge >= 0.3 is 0 Å². The Labute approximate surface area is 195 Å². The second kappa shape index (κ2) is 9.57. The summed E-state index contributed by atoms with van der Waals surface area (Å²) in [5.74, 6) is 2.29. The molecule has 5 nitrogen and oxygen atoms in total. The Morgan fingerprint density at radius 3 is 2.12 bits per heavy atom. The van der Waals surface area contributed by atoms with E-state index >= 15 is 0 Å². The second-order valence-corrected chi connectivity index (χ2v) is 9.29. The van der Waals surface area contributed by atoms with Crippen LogP contribution in [-0.4, -0.2) is 36.2 Å². The van der Waals surface area contributed by atoms with Crippen LogP contribution in [0.25, 0.3) is 0 Å². The van der Waals surface area contributed by atoms with Crippen LogP contribution in [0.5, 0.6) is 17.2 Å². The maximum absolute atomic E-state index is 13.4. The van der Waals surface area contributed by atoms with E-state index in [1.54, 1.807) is 7.11 Å². The highest BCUT2D eigenvalue weighted by molar-refractivity contribution is 5.94. The maximum Gasteiger partial charge on any atom is 0.254 e. The fraction of sp³-hybridized carbons (Fsp3) is 0.321. The first-order chi connectivity index (χ1) is 15.8. The molecule has 0 fully saturated rings. The number of ether oxygens (including phenoxy) is 3. The summed E-state index contributed by atoms with van der Waals surface area (Å²) in [6, 6.07) is 23.1. The zero-order chi connectivity index (χ0) is 23.4. The Balaban J connectivity index is 1.50. The number of rotatable bonds is 6. The molecule has 3 aromatic carbocycles. The van der Waals surface area contributed by atoms with Crippen molar-refractivity contribution in [2.24, 2.45) is 0 Å². The standard InChI is InChI=1S/C28H31NO4/c1-28(2,3)33-26-15-13-25(14-16-26)32-19-23-17-21-7-5-6-8-22(21)18-29(23)27(30)20-9-11-24(31-4)12-10-20/h5-16,23H,17-19H2,1-4H3. The van der Waals surface area contributed by atoms with Crippen LogP contribution in [0.1, 0.15) is 42.3 Å². The Bertz CT molecular complexity index is 1080. The van der Waals surface area contributed by atoms with Gasteiger partial charge in [0.25, 0.3) is 5.91 Å². The largest absolute Gasteiger partial charge is 0.497 e. The van der Waals surface area contributed by atoms with Crippen LogP contribution in [-0.2, 0) is 13.0 Å². The molecule has 0 saturated heterocycles. The van der Waals surface area contributed by atoms with Gasteiger partial charge in [-0.3, -0.25) is 4.79 Å². The summed E-state index contributed by atoms with van der Waals surface area (Å²) >= 11 is 0. The van der Waals surface area contributed by atoms with Crippen LogP contribution < -0.4 is 14.2 Å². The summed E-state index contributed by atoms with van der Waals surface area (Å²) in [6.07, 6.45) is 0.753. The molecular weight excluding hydrogens is 414 g/mol. The third kappa shape index (κ3) is 5.67. The number of carbonyl (C=O) groups is 1. The van der Waals surface area contributed by atoms with E-state index in [4.69, 9.17) is 14.2 Å². The number of fused-ring (bicyclic) bond motifs is 1. The van der Waals surface area contributed by atoms with Crippen molar-refractivity contribution in [1.82, 2.24) is 4.90 Å². The smallest absolute Gasteiger partial charge is 0.254 e. The van der Waals surface area contributed by atoms with Gasteiger partial charge in [-0.25, -0.2) is 0 Å². The summed E-state index contributed by atoms with van der Waals surface area (Å²) in [5.41, 5.74) is 2.84. The normalized spacial score (nSPS) is 15.5. The highest BCUT2D eigenvalue weighted by Gasteiger charge is 2.31. The van der Waals surface area contributed by atoms with Crippen molar-refractivity contribution in [1.29, 1.82) is 0 Å². The second-order valence-electron chi connectivity index (χ2n) is 9.29. The molecular formula is C28H31NO4. The van der Waals surface area contributed by atoms with E-state index in [0.717, 1.165) is 23.7 Å². The molecule has 1 heterocycles. The fourth-order valence-electron chi connectivity index (χ4n) is 4.02. The molecule has 0 radical (unpaired) electrons. The molecule has 0 N–H and O–H groups in total. The molecule has 33 heavy (non-hydrogen) atoms. The van der Waals surface area contributed by atoms with Gasteiger partial charge in [-0.2, -0.15) is 0 Å². The van der Waals surface area contributed by atoms with E-state index in [1.165, 1.54) is 11.1 Å². The Hall–Kier alpha value is -3.47. The summed E-state index contributed by atoms with van der Waals surface area (Å²) < 4.78 is 17.2. The van der Waals surface area contributed by atoms with Crippen molar-refractivity contribution in [3.8, 4) is 17.2 Å². The molecule has 1 aliphatic rings. The lowest BCUT2D eigenvalue weighted by atomic mass is 9.93. The van der Waals surface area contributed by atoms with E-state index in [9.17, 15) is 4.79 Å². The van der Waals surface area contributed by atoms with Gasteiger partial charge in [-0.05, 0) is 86.8 Å². The third-order valence-corrected chi connectivity index (χ3v) is 5.64. The van der Waals surface area contributed by atoms with Crippen LogP contribution in [0.3, 0.4) is 0 Å². The molecule has 0 aliphatic carbocycles. The van der Waals surface area contributed by atoms with Crippen molar-refractivity contribution in [3.63, 3.8) is 0 Å². The van der Waals surface area contributed by atoms with Gasteiger partial charge in [-0.1, -0.05) is 24.3 Å². The molecule has 1 aliphatic heterocycles. The van der Waals surface area contributed by atoms with Crippen molar-refractivity contribution in [2.45, 2.75) is 45.4 Å². The molecule has 3 aromatic rings. The highest BCUT2D eigenvalue weighted by atomic mass is 16.5. The van der Waals surface area contributed by atoms with Crippen LogP contribution in [0.15, 0.2) is 72.8 Å². The lowest BCUT2D eigenvalue weighted by Gasteiger charge is -2.37. The molecule has 0 spiro atoms. The molecule has 1 amide bonds. The average Bonchev–Trinajstić information content (AvgIpc) is 2.81. The summed E-state index contributed by atoms with van der Waals surface area (Å²) in [4.78, 5) is 15.3. The minimum atomic E-state index is -0.250. The Morgan fingerprint density at radius 1 is 0.879 bits per heavy atom. The van der Waals surface area contributed by atoms with Gasteiger partial charge in [0, 0.05) is 12.1 Å². The van der Waals surface area contributed by atoms with Crippen molar-refractivity contribution >= 4 is 5.91 Å². The van der Waals surface area contributed by atoms with Crippen molar-refractivity contribution in [3.05, 3.63) is 89.5 Å². The van der Waals surface area contributed by atoms with Gasteiger partial charge in [0.1, 0.15) is 29.5 Å². The first kappa shape index (κ1) is 22.7. The van der Waals surface area contributed by atoms with Gasteiger partial charge in [0.15, 0.2) is 0 Å². The highest BCUT2D eigenvalue weighted by Crippen LogP contribution is 2.27. The number of nitrogens with zero attached hydrogens (tertiary/aromatic N) is 1. The fourth-order valence-corrected chi connectivity index (χ4v) is 4.02. The van der Waals surface area contributed by atoms with Crippen molar-refractivity contribution < 1.29 is 19.0 Å². The lowest BCUT2D eigenvalue weighted by molar-refractivity contribution is 0.0566. The van der Waals surface area contributed by atoms with Crippen molar-refractivity contribution in [2.75, 3.05) is 13.7 Å². The van der Waals surface area contributed by atoms with Gasteiger partial charge < -0.3 is 19.1 Å². The molecule has 172 valence electrons. The molecule has 0 bridgehead atoms. The van der Waals surface area contributed by atoms with E-state index in [2.05, 4.69) is 12.1 Å². The summed E-state index contributed by atoms with van der Waals surface area (Å²) in [5, 5.41) is 0. The molecule has 5 heteroatoms. The predicted molar refractivity (Wildman–Crippen MR) is 129 cm³/mol. The predicted octanol–water partition coefficient (Wildman–Crippen LogP) is 5.52. The first-order valence-corrected chi connectivity index (χ1v) is 11.3. The quantitative estimate of drug-likeness (QED) is 0.501. The number of benzene rings is 3. The monoisotopic (exact) mass is 445 g/mol. The van der Waals surface area contributed by atoms with Crippen LogP contribution in [0.4, 0.5) is 0 Å². The van der Waals surface area contributed by atoms with Crippen LogP contribution >= 0.6 is 0 Å². The number of hydrogen-bond donors (Lipinski definition) is 0. The Morgan fingerprint density at radius 2 is 1.48 bits per heavy atom. The van der Waals surface area contributed by atoms with Crippen LogP contribution in [0, 0.1) is 0 Å². The minimum Gasteiger partial charge on any atom is -0.497 e. The number of methoxy groups -OCH3 is 1. The minimum absolute atomic E-state index is 0.00492. The number of carbonyl (C=O) groups excluding carboxylic acids is 1. The number of amides is 1. The summed E-state index contributed by atoms with van der Waals surface area (Å²) in [6.45, 7) is 7.04. The maximum atomic E-state index is 13.4. The third-order valence-electron chi connectivity index (χ3n) is 5.64. The van der Waals surface area contributed by atoms with E-state index in [0.29, 0.717) is 18.7 Å². The molecule has 4 rings (SSSR count). The molecule has 1 unspecified atom stereocenters. The molecule has 0 aromatic heterocycles. The zero-order valence-electron chi connectivity index (χ0n) is 19.7. The number of hydrogen-bond acceptors (Lipinski definition) is 4. The van der Waals surface area contributed by atoms with E-state index in [-0.39, 0.29) is 17.6 Å². The first-order valence-electron chi connectivity index (χ1n) is 11.3. The average molecular weight is 446 g/mol. The summed E-state index contributed by atoms with van der Waals surface area (Å²) in [7, 11) is 1.62. The Kier molecular flexibility index (Phi) is 6.59. The van der Waals surface area contributed by atoms with Crippen LogP contribution in [0.2, 0.25) is 0 Å². The van der Waals surface area contributed by atoms with Gasteiger partial charge in [0.2, 0.25) is 0 Å².